The van der Waals surface area contributed by atoms with Gasteiger partial charge in [0.25, 0.3) is 0 Å². The molecule has 23 heavy (non-hydrogen) atoms. The molecule has 0 unspecified atom stereocenters. The van der Waals surface area contributed by atoms with Crippen LogP contribution in [0.2, 0.25) is 6.82 Å². The van der Waals surface area contributed by atoms with Crippen molar-refractivity contribution in [2.45, 2.75) is 29.8 Å². The number of hydrogen-bond acceptors (Lipinski definition) is 4. The summed E-state index contributed by atoms with van der Waals surface area (Å²) in [4.78, 5) is 2.32. The van der Waals surface area contributed by atoms with E-state index in [0.717, 1.165) is 15.2 Å². The summed E-state index contributed by atoms with van der Waals surface area (Å²) in [5, 5.41) is 10.9. The first-order chi connectivity index (χ1) is 10.9. The van der Waals surface area contributed by atoms with Crippen molar-refractivity contribution < 1.29 is 13.4 Å². The van der Waals surface area contributed by atoms with Gasteiger partial charge in [-0.3, -0.25) is 0 Å². The summed E-state index contributed by atoms with van der Waals surface area (Å²) in [7, 11) is -3.90. The highest BCUT2D eigenvalue weighted by Crippen LogP contribution is 2.33. The fraction of sp³-hybridized carbons (Fsp3) is 0.375. The van der Waals surface area contributed by atoms with Crippen LogP contribution in [0, 0.1) is 0 Å². The van der Waals surface area contributed by atoms with Crippen LogP contribution < -0.4 is 0 Å². The third-order valence-electron chi connectivity index (χ3n) is 4.58. The molecule has 0 aromatic heterocycles. The lowest BCUT2D eigenvalue weighted by molar-refractivity contribution is 0.311. The Morgan fingerprint density at radius 3 is 2.35 bits per heavy atom. The molecule has 7 heteroatoms. The zero-order valence-electron chi connectivity index (χ0n) is 12.9. The number of piperidine rings is 1. The van der Waals surface area contributed by atoms with Gasteiger partial charge < -0.3 is 9.83 Å². The van der Waals surface area contributed by atoms with Crippen LogP contribution in [0.25, 0.3) is 10.8 Å². The highest BCUT2D eigenvalue weighted by atomic mass is 79.9. The van der Waals surface area contributed by atoms with E-state index in [4.69, 9.17) is 0 Å². The van der Waals surface area contributed by atoms with E-state index < -0.39 is 16.9 Å². The fourth-order valence-corrected chi connectivity index (χ4v) is 5.63. The van der Waals surface area contributed by atoms with Gasteiger partial charge in [0, 0.05) is 9.86 Å². The molecular formula is C16H19BBrNO3S. The van der Waals surface area contributed by atoms with Crippen LogP contribution in [0.4, 0.5) is 0 Å². The quantitative estimate of drug-likeness (QED) is 0.811. The van der Waals surface area contributed by atoms with Crippen molar-refractivity contribution in [1.29, 1.82) is 0 Å². The Morgan fingerprint density at radius 2 is 1.74 bits per heavy atom. The Labute approximate surface area is 145 Å². The molecule has 1 aliphatic rings. The monoisotopic (exact) mass is 395 g/mol. The Balaban J connectivity index is 1.97. The number of nitrogens with zero attached hydrogens (tertiary/aromatic N) is 1. The van der Waals surface area contributed by atoms with E-state index >= 15 is 0 Å². The van der Waals surface area contributed by atoms with Gasteiger partial charge in [-0.15, -0.1) is 0 Å². The highest BCUT2D eigenvalue weighted by Gasteiger charge is 2.34. The molecule has 122 valence electrons. The van der Waals surface area contributed by atoms with Crippen LogP contribution in [0.3, 0.4) is 0 Å². The predicted octanol–water partition coefficient (Wildman–Crippen LogP) is 2.95. The van der Waals surface area contributed by atoms with Crippen molar-refractivity contribution in [1.82, 2.24) is 4.81 Å². The fourth-order valence-electron chi connectivity index (χ4n) is 3.22. The molecule has 0 atom stereocenters. The summed E-state index contributed by atoms with van der Waals surface area (Å²) in [6.45, 7) is 2.93. The lowest BCUT2D eigenvalue weighted by atomic mass is 9.83. The summed E-state index contributed by atoms with van der Waals surface area (Å²) in [6, 6.07) is 11.1. The minimum atomic E-state index is -3.38. The van der Waals surface area contributed by atoms with Gasteiger partial charge in [0.05, 0.1) is 10.1 Å². The molecule has 1 heterocycles. The predicted molar refractivity (Wildman–Crippen MR) is 97.3 cm³/mol. The first-order valence-electron chi connectivity index (χ1n) is 7.74. The molecule has 4 nitrogen and oxygen atoms in total. The van der Waals surface area contributed by atoms with Crippen molar-refractivity contribution in [3.63, 3.8) is 0 Å². The van der Waals surface area contributed by atoms with Gasteiger partial charge in [0.2, 0.25) is 0 Å². The topological polar surface area (TPSA) is 57.6 Å². The average molecular weight is 396 g/mol. The molecule has 2 aromatic carbocycles. The summed E-state index contributed by atoms with van der Waals surface area (Å²) in [5.41, 5.74) is 0. The molecule has 0 aliphatic carbocycles. The highest BCUT2D eigenvalue weighted by molar-refractivity contribution is 9.10. The van der Waals surface area contributed by atoms with Gasteiger partial charge >= 0.3 is 7.05 Å². The van der Waals surface area contributed by atoms with E-state index in [0.29, 0.717) is 30.8 Å². The van der Waals surface area contributed by atoms with Crippen LogP contribution in [0.5, 0.6) is 0 Å². The Bertz CT molecular complexity index is 817. The molecule has 0 saturated carbocycles. The van der Waals surface area contributed by atoms with Gasteiger partial charge in [-0.05, 0) is 50.3 Å². The SMILES string of the molecule is CB(O)N1CCC(S(=O)(=O)c2ccc(Br)c3ccccc23)CC1. The van der Waals surface area contributed by atoms with Gasteiger partial charge in [-0.2, -0.15) is 0 Å². The number of benzene rings is 2. The molecule has 1 fully saturated rings. The first kappa shape index (κ1) is 17.0. The Morgan fingerprint density at radius 1 is 1.13 bits per heavy atom. The van der Waals surface area contributed by atoms with Crippen molar-refractivity contribution in [2.24, 2.45) is 0 Å². The van der Waals surface area contributed by atoms with Crippen LogP contribution in [-0.4, -0.2) is 43.6 Å². The second-order valence-electron chi connectivity index (χ2n) is 6.00. The number of fused-ring (bicyclic) bond motifs is 1. The van der Waals surface area contributed by atoms with E-state index in [-0.39, 0.29) is 5.25 Å². The van der Waals surface area contributed by atoms with E-state index in [1.54, 1.807) is 19.0 Å². The second kappa shape index (κ2) is 6.55. The van der Waals surface area contributed by atoms with Gasteiger partial charge in [-0.1, -0.05) is 40.2 Å². The minimum Gasteiger partial charge on any atom is -0.437 e. The number of hydrogen-bond donors (Lipinski definition) is 1. The Kier molecular flexibility index (Phi) is 4.83. The molecule has 2 aromatic rings. The van der Waals surface area contributed by atoms with Crippen LogP contribution in [0.15, 0.2) is 45.8 Å². The van der Waals surface area contributed by atoms with Crippen molar-refractivity contribution in [2.75, 3.05) is 13.1 Å². The largest absolute Gasteiger partial charge is 0.437 e. The lowest BCUT2D eigenvalue weighted by Crippen LogP contribution is -2.45. The minimum absolute atomic E-state index is 0.387. The van der Waals surface area contributed by atoms with E-state index in [1.807, 2.05) is 29.1 Å². The number of halogens is 1. The van der Waals surface area contributed by atoms with Crippen molar-refractivity contribution in [3.05, 3.63) is 40.9 Å². The molecule has 0 radical (unpaired) electrons. The molecular weight excluding hydrogens is 377 g/mol. The first-order valence-corrected chi connectivity index (χ1v) is 10.1. The van der Waals surface area contributed by atoms with Crippen LogP contribution >= 0.6 is 15.9 Å². The normalized spacial score (nSPS) is 17.5. The van der Waals surface area contributed by atoms with Gasteiger partial charge in [0.15, 0.2) is 9.84 Å². The Hall–Kier alpha value is -0.885. The maximum Gasteiger partial charge on any atom is 0.376 e. The molecule has 0 bridgehead atoms. The van der Waals surface area contributed by atoms with E-state index in [1.165, 1.54) is 0 Å². The van der Waals surface area contributed by atoms with Crippen LogP contribution in [0.1, 0.15) is 12.8 Å². The van der Waals surface area contributed by atoms with E-state index in [2.05, 4.69) is 15.9 Å². The zero-order valence-corrected chi connectivity index (χ0v) is 15.3. The molecule has 0 amide bonds. The number of sulfone groups is 1. The van der Waals surface area contributed by atoms with Gasteiger partial charge in [-0.25, -0.2) is 8.42 Å². The summed E-state index contributed by atoms with van der Waals surface area (Å²) < 4.78 is 27.1. The maximum atomic E-state index is 13.1. The summed E-state index contributed by atoms with van der Waals surface area (Å²) in [5.74, 6) is 0. The summed E-state index contributed by atoms with van der Waals surface area (Å²) in [6.07, 6.45) is 1.11. The molecule has 1 saturated heterocycles. The summed E-state index contributed by atoms with van der Waals surface area (Å²) >= 11 is 3.49. The molecule has 1 aliphatic heterocycles. The third-order valence-corrected chi connectivity index (χ3v) is 7.59. The smallest absolute Gasteiger partial charge is 0.376 e. The molecule has 1 N–H and O–H groups in total. The molecule has 3 rings (SSSR count). The van der Waals surface area contributed by atoms with E-state index in [9.17, 15) is 13.4 Å². The van der Waals surface area contributed by atoms with Crippen LogP contribution in [-0.2, 0) is 9.84 Å². The molecule has 0 spiro atoms. The third kappa shape index (κ3) is 3.20. The van der Waals surface area contributed by atoms with Gasteiger partial charge in [0.1, 0.15) is 0 Å². The maximum absolute atomic E-state index is 13.1. The standard InChI is InChI=1S/C16H19BBrNO3S/c1-17(20)19-10-8-12(9-11-19)23(21,22)16-7-6-15(18)13-4-2-3-5-14(13)16/h2-7,12,20H,8-11H2,1H3. The second-order valence-corrected chi connectivity index (χ2v) is 9.05. The lowest BCUT2D eigenvalue weighted by Gasteiger charge is -2.32. The average Bonchev–Trinajstić information content (AvgIpc) is 2.55. The van der Waals surface area contributed by atoms with Crippen molar-refractivity contribution >= 4 is 43.6 Å². The van der Waals surface area contributed by atoms with Crippen molar-refractivity contribution in [3.8, 4) is 0 Å². The number of rotatable bonds is 3. The zero-order chi connectivity index (χ0) is 16.6.